The van der Waals surface area contributed by atoms with Gasteiger partial charge >= 0.3 is 0 Å². The summed E-state index contributed by atoms with van der Waals surface area (Å²) in [7, 11) is 1.69. The molecule has 2 N–H and O–H groups in total. The Morgan fingerprint density at radius 2 is 1.84 bits per heavy atom. The predicted octanol–water partition coefficient (Wildman–Crippen LogP) is 7.08. The van der Waals surface area contributed by atoms with Crippen molar-refractivity contribution in [3.05, 3.63) is 83.0 Å². The van der Waals surface area contributed by atoms with E-state index in [1.165, 1.54) is 45.5 Å². The van der Waals surface area contributed by atoms with Crippen LogP contribution in [-0.4, -0.2) is 23.9 Å². The molecule has 4 aromatic rings. The van der Waals surface area contributed by atoms with Gasteiger partial charge in [0.25, 0.3) is 0 Å². The Labute approximate surface area is 198 Å². The molecule has 164 valence electrons. The highest BCUT2D eigenvalue weighted by atomic mass is 35.5. The molecule has 3 aromatic carbocycles. The van der Waals surface area contributed by atoms with Gasteiger partial charge in [-0.25, -0.2) is 0 Å². The van der Waals surface area contributed by atoms with Crippen LogP contribution in [0.4, 0.5) is 0 Å². The highest BCUT2D eigenvalue weighted by Crippen LogP contribution is 2.39. The number of ether oxygens (including phenoxy) is 1. The third-order valence-corrected chi connectivity index (χ3v) is 7.64. The lowest BCUT2D eigenvalue weighted by Gasteiger charge is -2.24. The third kappa shape index (κ3) is 4.40. The Balaban J connectivity index is 1.33. The maximum Gasteiger partial charge on any atom is 0.118 e. The van der Waals surface area contributed by atoms with Crippen LogP contribution < -0.4 is 10.1 Å². The Bertz CT molecular complexity index is 1200. The number of fused-ring (bicyclic) bond motifs is 3. The summed E-state index contributed by atoms with van der Waals surface area (Å²) in [6.45, 7) is 0.870. The van der Waals surface area contributed by atoms with Gasteiger partial charge in [-0.1, -0.05) is 48.0 Å². The molecular formula is C27H27ClN2OS. The number of H-pyrrole nitrogens is 1. The summed E-state index contributed by atoms with van der Waals surface area (Å²) < 4.78 is 5.33. The van der Waals surface area contributed by atoms with E-state index in [1.807, 2.05) is 30.0 Å². The van der Waals surface area contributed by atoms with Crippen LogP contribution in [-0.2, 0) is 13.0 Å². The van der Waals surface area contributed by atoms with E-state index in [4.69, 9.17) is 16.3 Å². The minimum absolute atomic E-state index is 0.496. The highest BCUT2D eigenvalue weighted by Gasteiger charge is 2.24. The molecule has 5 heteroatoms. The second-order valence-electron chi connectivity index (χ2n) is 8.24. The number of nitrogens with one attached hydrogen (secondary N) is 2. The average molecular weight is 463 g/mol. The molecule has 0 saturated carbocycles. The average Bonchev–Trinajstić information content (AvgIpc) is 3.23. The summed E-state index contributed by atoms with van der Waals surface area (Å²) in [5.74, 6) is 2.01. The maximum atomic E-state index is 6.61. The van der Waals surface area contributed by atoms with Crippen molar-refractivity contribution in [3.63, 3.8) is 0 Å². The number of benzene rings is 3. The molecule has 0 fully saturated rings. The summed E-state index contributed by atoms with van der Waals surface area (Å²) in [4.78, 5) is 5.01. The van der Waals surface area contributed by atoms with Crippen molar-refractivity contribution in [3.8, 4) is 16.9 Å². The third-order valence-electron chi connectivity index (χ3n) is 6.22. The van der Waals surface area contributed by atoms with E-state index in [1.54, 1.807) is 7.11 Å². The second kappa shape index (κ2) is 9.62. The highest BCUT2D eigenvalue weighted by molar-refractivity contribution is 7.99. The number of aromatic amines is 1. The van der Waals surface area contributed by atoms with Gasteiger partial charge in [-0.2, -0.15) is 0 Å². The van der Waals surface area contributed by atoms with Crippen molar-refractivity contribution in [1.82, 2.24) is 10.3 Å². The number of rotatable bonds is 7. The molecule has 5 rings (SSSR count). The van der Waals surface area contributed by atoms with E-state index >= 15 is 0 Å². The van der Waals surface area contributed by atoms with Crippen LogP contribution >= 0.6 is 23.4 Å². The number of methoxy groups -OCH3 is 1. The van der Waals surface area contributed by atoms with E-state index in [9.17, 15) is 0 Å². The quantitative estimate of drug-likeness (QED) is 0.227. The Morgan fingerprint density at radius 1 is 1.03 bits per heavy atom. The van der Waals surface area contributed by atoms with Crippen LogP contribution in [0.2, 0.25) is 5.02 Å². The first-order valence-corrected chi connectivity index (χ1v) is 12.5. The Hall–Kier alpha value is -2.40. The van der Waals surface area contributed by atoms with Gasteiger partial charge in [0.1, 0.15) is 5.75 Å². The van der Waals surface area contributed by atoms with Crippen LogP contribution in [0.1, 0.15) is 24.1 Å². The molecule has 1 aromatic heterocycles. The minimum atomic E-state index is 0.496. The SMILES string of the molecule is COc1ccc(-c2ccc(Cl)c3[nH]c4c(c23)CNC(CCCSc2ccccc2)C4)cc1. The molecule has 0 spiro atoms. The first kappa shape index (κ1) is 21.4. The smallest absolute Gasteiger partial charge is 0.118 e. The molecule has 0 radical (unpaired) electrons. The Morgan fingerprint density at radius 3 is 2.62 bits per heavy atom. The van der Waals surface area contributed by atoms with Gasteiger partial charge < -0.3 is 15.0 Å². The Kier molecular flexibility index (Phi) is 6.44. The predicted molar refractivity (Wildman–Crippen MR) is 136 cm³/mol. The fraction of sp³-hybridized carbons (Fsp3) is 0.259. The molecule has 0 bridgehead atoms. The number of hydrogen-bond acceptors (Lipinski definition) is 3. The van der Waals surface area contributed by atoms with Crippen molar-refractivity contribution in [1.29, 1.82) is 0 Å². The molecule has 0 amide bonds. The first-order chi connectivity index (χ1) is 15.7. The zero-order valence-electron chi connectivity index (χ0n) is 18.2. The molecule has 1 atom stereocenters. The van der Waals surface area contributed by atoms with Crippen LogP contribution in [0.3, 0.4) is 0 Å². The van der Waals surface area contributed by atoms with E-state index in [-0.39, 0.29) is 0 Å². The molecular weight excluding hydrogens is 436 g/mol. The van der Waals surface area contributed by atoms with Crippen LogP contribution in [0.15, 0.2) is 71.6 Å². The van der Waals surface area contributed by atoms with Gasteiger partial charge in [-0.05, 0) is 65.6 Å². The molecule has 0 saturated heterocycles. The first-order valence-electron chi connectivity index (χ1n) is 11.1. The number of thioether (sulfide) groups is 1. The second-order valence-corrected chi connectivity index (χ2v) is 9.82. The summed E-state index contributed by atoms with van der Waals surface area (Å²) in [6, 6.07) is 23.5. The summed E-state index contributed by atoms with van der Waals surface area (Å²) in [6.07, 6.45) is 3.39. The summed E-state index contributed by atoms with van der Waals surface area (Å²) in [5.41, 5.74) is 6.11. The van der Waals surface area contributed by atoms with E-state index in [0.29, 0.717) is 6.04 Å². The van der Waals surface area contributed by atoms with Gasteiger partial charge in [0.15, 0.2) is 0 Å². The molecule has 1 aliphatic heterocycles. The lowest BCUT2D eigenvalue weighted by molar-refractivity contribution is 0.415. The normalized spacial score (nSPS) is 15.6. The van der Waals surface area contributed by atoms with E-state index in [2.05, 4.69) is 58.8 Å². The van der Waals surface area contributed by atoms with Crippen LogP contribution in [0.5, 0.6) is 5.75 Å². The fourth-order valence-corrected chi connectivity index (χ4v) is 5.68. The van der Waals surface area contributed by atoms with Crippen molar-refractivity contribution < 1.29 is 4.74 Å². The largest absolute Gasteiger partial charge is 0.497 e. The minimum Gasteiger partial charge on any atom is -0.497 e. The van der Waals surface area contributed by atoms with Crippen molar-refractivity contribution >= 4 is 34.3 Å². The molecule has 2 heterocycles. The van der Waals surface area contributed by atoms with E-state index < -0.39 is 0 Å². The fourth-order valence-electron chi connectivity index (χ4n) is 4.58. The topological polar surface area (TPSA) is 37.0 Å². The van der Waals surface area contributed by atoms with Crippen molar-refractivity contribution in [2.24, 2.45) is 0 Å². The molecule has 1 unspecified atom stereocenters. The summed E-state index contributed by atoms with van der Waals surface area (Å²) in [5, 5.41) is 5.80. The van der Waals surface area contributed by atoms with Gasteiger partial charge in [-0.15, -0.1) is 11.8 Å². The van der Waals surface area contributed by atoms with Crippen LogP contribution in [0.25, 0.3) is 22.0 Å². The van der Waals surface area contributed by atoms with Crippen molar-refractivity contribution in [2.75, 3.05) is 12.9 Å². The number of aromatic nitrogens is 1. The molecule has 32 heavy (non-hydrogen) atoms. The van der Waals surface area contributed by atoms with Gasteiger partial charge in [0.2, 0.25) is 0 Å². The van der Waals surface area contributed by atoms with Gasteiger partial charge in [0.05, 0.1) is 17.6 Å². The number of hydrogen-bond donors (Lipinski definition) is 2. The lowest BCUT2D eigenvalue weighted by Crippen LogP contribution is -2.35. The molecule has 0 aliphatic carbocycles. The zero-order valence-corrected chi connectivity index (χ0v) is 19.7. The van der Waals surface area contributed by atoms with E-state index in [0.717, 1.165) is 35.0 Å². The van der Waals surface area contributed by atoms with Gasteiger partial charge in [0, 0.05) is 35.0 Å². The van der Waals surface area contributed by atoms with Crippen molar-refractivity contribution in [2.45, 2.75) is 36.7 Å². The lowest BCUT2D eigenvalue weighted by atomic mass is 9.94. The monoisotopic (exact) mass is 462 g/mol. The number of halogens is 1. The van der Waals surface area contributed by atoms with Crippen LogP contribution in [0, 0.1) is 0 Å². The molecule has 1 aliphatic rings. The maximum absolute atomic E-state index is 6.61. The van der Waals surface area contributed by atoms with Gasteiger partial charge in [-0.3, -0.25) is 0 Å². The zero-order chi connectivity index (χ0) is 21.9. The molecule has 3 nitrogen and oxygen atoms in total. The standard InChI is InChI=1S/C27H27ClN2OS/c1-31-20-11-9-18(10-12-20)22-13-14-24(28)27-26(22)23-17-29-19(16-25(23)30-27)6-5-15-32-21-7-3-2-4-8-21/h2-4,7-14,19,29-30H,5-6,15-17H2,1H3. The summed E-state index contributed by atoms with van der Waals surface area (Å²) >= 11 is 8.55.